The van der Waals surface area contributed by atoms with Crippen LogP contribution in [-0.4, -0.2) is 32.9 Å². The molecule has 0 unspecified atom stereocenters. The van der Waals surface area contributed by atoms with Gasteiger partial charge < -0.3 is 14.2 Å². The molecule has 0 aliphatic heterocycles. The summed E-state index contributed by atoms with van der Waals surface area (Å²) < 4.78 is 35.8. The highest BCUT2D eigenvalue weighted by Crippen LogP contribution is 2.25. The summed E-state index contributed by atoms with van der Waals surface area (Å²) >= 11 is 0. The number of benzene rings is 2. The summed E-state index contributed by atoms with van der Waals surface area (Å²) in [6.07, 6.45) is 1.73. The molecule has 0 saturated heterocycles. The van der Waals surface area contributed by atoms with E-state index in [4.69, 9.17) is 8.92 Å². The van der Waals surface area contributed by atoms with Crippen LogP contribution in [-0.2, 0) is 19.6 Å². The van der Waals surface area contributed by atoms with Gasteiger partial charge in [0.25, 0.3) is 5.91 Å². The summed E-state index contributed by atoms with van der Waals surface area (Å²) in [5.74, 6) is -1.44. The molecule has 0 radical (unpaired) electrons. The average molecular weight is 434 g/mol. The zero-order valence-electron chi connectivity index (χ0n) is 17.6. The first-order chi connectivity index (χ1) is 14.1. The maximum atomic E-state index is 12.8. The van der Waals surface area contributed by atoms with Crippen molar-refractivity contribution in [2.75, 3.05) is 6.61 Å². The van der Waals surface area contributed by atoms with E-state index in [-0.39, 0.29) is 22.3 Å². The predicted molar refractivity (Wildman–Crippen MR) is 113 cm³/mol. The van der Waals surface area contributed by atoms with E-state index >= 15 is 0 Å². The highest BCUT2D eigenvalue weighted by atomic mass is 32.2. The Morgan fingerprint density at radius 2 is 1.80 bits per heavy atom. The molecule has 0 spiro atoms. The summed E-state index contributed by atoms with van der Waals surface area (Å²) in [5.41, 5.74) is 1.21. The largest absolute Gasteiger partial charge is 0.452 e. The number of amides is 1. The van der Waals surface area contributed by atoms with E-state index < -0.39 is 28.6 Å². The molecule has 7 nitrogen and oxygen atoms in total. The van der Waals surface area contributed by atoms with E-state index in [0.29, 0.717) is 5.56 Å². The van der Waals surface area contributed by atoms with Crippen molar-refractivity contribution in [1.29, 1.82) is 0 Å². The quantitative estimate of drug-likeness (QED) is 0.480. The lowest BCUT2D eigenvalue weighted by Crippen LogP contribution is -2.35. The smallest absolute Gasteiger partial charge is 0.342 e. The molecule has 0 aliphatic carbocycles. The Morgan fingerprint density at radius 1 is 1.10 bits per heavy atom. The van der Waals surface area contributed by atoms with Crippen molar-refractivity contribution in [2.24, 2.45) is 0 Å². The fourth-order valence-electron chi connectivity index (χ4n) is 2.88. The molecule has 30 heavy (non-hydrogen) atoms. The fraction of sp³-hybridized carbons (Fsp3) is 0.364. The van der Waals surface area contributed by atoms with Crippen molar-refractivity contribution in [2.45, 2.75) is 51.5 Å². The second-order valence-electron chi connectivity index (χ2n) is 7.14. The van der Waals surface area contributed by atoms with Gasteiger partial charge in [0.15, 0.2) is 12.4 Å². The lowest BCUT2D eigenvalue weighted by atomic mass is 10.2. The molecule has 162 valence electrons. The number of hydrogen-bond donors (Lipinski definition) is 1. The second kappa shape index (κ2) is 10.2. The minimum Gasteiger partial charge on any atom is -0.452 e. The summed E-state index contributed by atoms with van der Waals surface area (Å²) in [6, 6.07) is 10.8. The van der Waals surface area contributed by atoms with Crippen LogP contribution in [0.15, 0.2) is 47.4 Å². The average Bonchev–Trinajstić information content (AvgIpc) is 2.68. The van der Waals surface area contributed by atoms with E-state index in [1.165, 1.54) is 18.2 Å². The van der Waals surface area contributed by atoms with E-state index in [9.17, 15) is 18.0 Å². The van der Waals surface area contributed by atoms with Crippen molar-refractivity contribution in [3.8, 4) is 5.75 Å². The van der Waals surface area contributed by atoms with Crippen molar-refractivity contribution >= 4 is 22.0 Å². The molecule has 0 heterocycles. The number of ether oxygens (including phenoxy) is 1. The number of nitrogens with one attached hydrogen (secondary N) is 1. The van der Waals surface area contributed by atoms with Crippen LogP contribution in [0, 0.1) is 13.8 Å². The number of carbonyl (C=O) groups is 2. The Labute approximate surface area is 177 Å². The molecular formula is C22H27NO6S. The first-order valence-corrected chi connectivity index (χ1v) is 11.1. The zero-order valence-corrected chi connectivity index (χ0v) is 18.4. The van der Waals surface area contributed by atoms with Crippen LogP contribution < -0.4 is 9.50 Å². The highest BCUT2D eigenvalue weighted by molar-refractivity contribution is 7.87. The van der Waals surface area contributed by atoms with E-state index in [1.54, 1.807) is 38.1 Å². The number of para-hydroxylation sites is 1. The third-order valence-electron chi connectivity index (χ3n) is 4.38. The van der Waals surface area contributed by atoms with Crippen LogP contribution in [0.1, 0.15) is 48.2 Å². The second-order valence-corrected chi connectivity index (χ2v) is 8.65. The van der Waals surface area contributed by atoms with Crippen LogP contribution in [0.3, 0.4) is 0 Å². The molecule has 1 N–H and O–H groups in total. The van der Waals surface area contributed by atoms with Crippen molar-refractivity contribution < 1.29 is 26.9 Å². The van der Waals surface area contributed by atoms with Gasteiger partial charge in [-0.3, -0.25) is 4.79 Å². The molecule has 1 atom stereocenters. The van der Waals surface area contributed by atoms with Crippen molar-refractivity contribution in [3.63, 3.8) is 0 Å². The number of esters is 1. The highest BCUT2D eigenvalue weighted by Gasteiger charge is 2.24. The van der Waals surface area contributed by atoms with Crippen molar-refractivity contribution in [1.82, 2.24) is 5.32 Å². The molecule has 2 aromatic rings. The lowest BCUT2D eigenvalue weighted by molar-refractivity contribution is -0.124. The number of hydrogen-bond acceptors (Lipinski definition) is 6. The maximum absolute atomic E-state index is 12.8. The Kier molecular flexibility index (Phi) is 8.00. The molecule has 0 aliphatic rings. The molecule has 1 amide bonds. The summed E-state index contributed by atoms with van der Waals surface area (Å²) in [5, 5.41) is 2.73. The maximum Gasteiger partial charge on any atom is 0.342 e. The SMILES string of the molecule is CCC[C@H](C)NC(=O)COC(=O)c1ccccc1OS(=O)(=O)c1cc(C)ccc1C. The fourth-order valence-corrected chi connectivity index (χ4v) is 4.14. The van der Waals surface area contributed by atoms with Crippen LogP contribution in [0.2, 0.25) is 0 Å². The normalized spacial score (nSPS) is 12.1. The predicted octanol–water partition coefficient (Wildman–Crippen LogP) is 3.53. The topological polar surface area (TPSA) is 98.8 Å². The van der Waals surface area contributed by atoms with Gasteiger partial charge in [-0.25, -0.2) is 4.79 Å². The van der Waals surface area contributed by atoms with Crippen LogP contribution in [0.4, 0.5) is 0 Å². The third-order valence-corrected chi connectivity index (χ3v) is 5.76. The van der Waals surface area contributed by atoms with Crippen LogP contribution in [0.5, 0.6) is 5.75 Å². The van der Waals surface area contributed by atoms with Crippen LogP contribution >= 0.6 is 0 Å². The van der Waals surface area contributed by atoms with E-state index in [1.807, 2.05) is 13.8 Å². The Balaban J connectivity index is 2.15. The Bertz CT molecular complexity index is 1020. The number of rotatable bonds is 9. The third kappa shape index (κ3) is 6.32. The van der Waals surface area contributed by atoms with E-state index in [0.717, 1.165) is 18.4 Å². The van der Waals surface area contributed by atoms with Gasteiger partial charge >= 0.3 is 16.1 Å². The molecule has 8 heteroatoms. The standard InChI is InChI=1S/C22H27NO6S/c1-5-8-17(4)23-21(24)14-28-22(25)18-9-6-7-10-19(18)29-30(26,27)20-13-15(2)11-12-16(20)3/h6-7,9-13,17H,5,8,14H2,1-4H3,(H,23,24)/t17-/m0/s1. The molecule has 0 saturated carbocycles. The molecular weight excluding hydrogens is 406 g/mol. The van der Waals surface area contributed by atoms with Gasteiger partial charge in [0.05, 0.1) is 0 Å². The lowest BCUT2D eigenvalue weighted by Gasteiger charge is -2.14. The molecule has 2 aromatic carbocycles. The van der Waals surface area contributed by atoms with E-state index in [2.05, 4.69) is 5.32 Å². The summed E-state index contributed by atoms with van der Waals surface area (Å²) in [4.78, 5) is 24.4. The summed E-state index contributed by atoms with van der Waals surface area (Å²) in [6.45, 7) is 6.84. The number of aryl methyl sites for hydroxylation is 2. The molecule has 2 rings (SSSR count). The first kappa shape index (κ1) is 23.4. The van der Waals surface area contributed by atoms with Gasteiger partial charge in [-0.1, -0.05) is 37.6 Å². The van der Waals surface area contributed by atoms with Crippen LogP contribution in [0.25, 0.3) is 0 Å². The molecule has 0 bridgehead atoms. The molecule has 0 fully saturated rings. The van der Waals surface area contributed by atoms with Gasteiger partial charge in [0.1, 0.15) is 10.5 Å². The molecule has 0 aromatic heterocycles. The van der Waals surface area contributed by atoms with Gasteiger partial charge in [0.2, 0.25) is 0 Å². The minimum absolute atomic E-state index is 0.0231. The monoisotopic (exact) mass is 433 g/mol. The number of carbonyl (C=O) groups excluding carboxylic acids is 2. The van der Waals surface area contributed by atoms with Crippen molar-refractivity contribution in [3.05, 3.63) is 59.2 Å². The first-order valence-electron chi connectivity index (χ1n) is 9.71. The Morgan fingerprint density at radius 3 is 2.50 bits per heavy atom. The Hall–Kier alpha value is -2.87. The minimum atomic E-state index is -4.16. The van der Waals surface area contributed by atoms with Gasteiger partial charge in [-0.15, -0.1) is 0 Å². The zero-order chi connectivity index (χ0) is 22.3. The summed E-state index contributed by atoms with van der Waals surface area (Å²) in [7, 11) is -4.16. The van der Waals surface area contributed by atoms with Gasteiger partial charge in [-0.05, 0) is 56.5 Å². The van der Waals surface area contributed by atoms with Gasteiger partial charge in [-0.2, -0.15) is 8.42 Å². The van der Waals surface area contributed by atoms with Gasteiger partial charge in [0, 0.05) is 6.04 Å².